The van der Waals surface area contributed by atoms with Gasteiger partial charge in [0.15, 0.2) is 17.0 Å². The van der Waals surface area contributed by atoms with E-state index < -0.39 is 0 Å². The predicted octanol–water partition coefficient (Wildman–Crippen LogP) is 1.33. The number of nitrogens with one attached hydrogen (secondary N) is 2. The van der Waals surface area contributed by atoms with Crippen LogP contribution in [0.2, 0.25) is 0 Å². The molecule has 1 unspecified atom stereocenters. The Hall–Kier alpha value is -2.78. The minimum absolute atomic E-state index is 0.0330. The van der Waals surface area contributed by atoms with Crippen molar-refractivity contribution in [2.75, 3.05) is 23.8 Å². The molecule has 144 valence electrons. The fourth-order valence-electron chi connectivity index (χ4n) is 2.75. The summed E-state index contributed by atoms with van der Waals surface area (Å²) >= 11 is 0. The van der Waals surface area contributed by atoms with Crippen LogP contribution in [0.25, 0.3) is 11.2 Å². The van der Waals surface area contributed by atoms with E-state index in [1.54, 1.807) is 11.7 Å². The van der Waals surface area contributed by atoms with Gasteiger partial charge in [-0.1, -0.05) is 49.4 Å². The van der Waals surface area contributed by atoms with Crippen LogP contribution < -0.4 is 10.6 Å². The van der Waals surface area contributed by atoms with Gasteiger partial charge in [0.25, 0.3) is 0 Å². The Balaban J connectivity index is 1.98. The highest BCUT2D eigenvalue weighted by molar-refractivity contribution is 5.83. The van der Waals surface area contributed by atoms with Gasteiger partial charge in [-0.05, 0) is 11.5 Å². The molecular formula is C18H25N7O2. The van der Waals surface area contributed by atoms with Crippen molar-refractivity contribution in [3.05, 3.63) is 35.9 Å². The molecule has 0 amide bonds. The van der Waals surface area contributed by atoms with E-state index >= 15 is 0 Å². The highest BCUT2D eigenvalue weighted by Gasteiger charge is 2.20. The molecule has 2 heterocycles. The van der Waals surface area contributed by atoms with Gasteiger partial charge in [0.1, 0.15) is 0 Å². The van der Waals surface area contributed by atoms with Crippen LogP contribution in [0.5, 0.6) is 0 Å². The highest BCUT2D eigenvalue weighted by Crippen LogP contribution is 2.25. The van der Waals surface area contributed by atoms with E-state index in [1.807, 2.05) is 44.2 Å². The van der Waals surface area contributed by atoms with Crippen molar-refractivity contribution in [1.82, 2.24) is 25.0 Å². The number of aliphatic hydroxyl groups is 2. The molecule has 3 aromatic rings. The van der Waals surface area contributed by atoms with E-state index in [0.717, 1.165) is 5.56 Å². The van der Waals surface area contributed by atoms with Gasteiger partial charge in [0, 0.05) is 7.05 Å². The normalized spacial score (nSPS) is 13.7. The summed E-state index contributed by atoms with van der Waals surface area (Å²) in [6, 6.07) is 9.09. The Morgan fingerprint density at radius 3 is 2.41 bits per heavy atom. The fraction of sp³-hybridized carbons (Fsp3) is 0.444. The second kappa shape index (κ2) is 8.28. The average Bonchev–Trinajstić information content (AvgIpc) is 3.05. The number of aliphatic hydroxyl groups excluding tert-OH is 2. The molecule has 9 nitrogen and oxygen atoms in total. The lowest BCUT2D eigenvalue weighted by Gasteiger charge is -2.21. The maximum Gasteiger partial charge on any atom is 0.227 e. The minimum atomic E-state index is -0.349. The molecule has 2 atom stereocenters. The van der Waals surface area contributed by atoms with Crippen molar-refractivity contribution in [3.8, 4) is 0 Å². The molecular weight excluding hydrogens is 346 g/mol. The second-order valence-electron chi connectivity index (χ2n) is 6.75. The van der Waals surface area contributed by atoms with E-state index in [1.165, 1.54) is 0 Å². The summed E-state index contributed by atoms with van der Waals surface area (Å²) in [5.74, 6) is 1.04. The third-order valence-corrected chi connectivity index (χ3v) is 4.46. The van der Waals surface area contributed by atoms with Crippen LogP contribution in [0, 0.1) is 5.92 Å². The number of anilines is 2. The van der Waals surface area contributed by atoms with Crippen molar-refractivity contribution < 1.29 is 10.2 Å². The van der Waals surface area contributed by atoms with Gasteiger partial charge in [-0.15, -0.1) is 5.10 Å². The number of aryl methyl sites for hydroxylation is 1. The summed E-state index contributed by atoms with van der Waals surface area (Å²) in [6.07, 6.45) is 0. The second-order valence-corrected chi connectivity index (χ2v) is 6.75. The molecule has 1 aromatic carbocycles. The Morgan fingerprint density at radius 1 is 1.04 bits per heavy atom. The molecule has 0 aliphatic carbocycles. The Bertz CT molecular complexity index is 882. The summed E-state index contributed by atoms with van der Waals surface area (Å²) in [6.45, 7) is 3.88. The van der Waals surface area contributed by atoms with E-state index in [9.17, 15) is 10.2 Å². The number of benzene rings is 1. The maximum absolute atomic E-state index is 9.85. The fourth-order valence-corrected chi connectivity index (χ4v) is 2.75. The summed E-state index contributed by atoms with van der Waals surface area (Å²) < 4.78 is 1.56. The molecule has 3 rings (SSSR count). The van der Waals surface area contributed by atoms with Crippen LogP contribution in [0.15, 0.2) is 30.3 Å². The standard InChI is InChI=1S/C18H25N7O2/c1-11(2)13(9-26)20-18-21-16(15-17(22-18)25(3)24-23-15)19-14(10-27)12-7-5-4-6-8-12/h4-8,11,13-14,26-27H,9-10H2,1-3H3,(H2,19,20,21,22)/t13?,14-/m0/s1. The van der Waals surface area contributed by atoms with Gasteiger partial charge >= 0.3 is 0 Å². The lowest BCUT2D eigenvalue weighted by molar-refractivity contribution is 0.248. The Morgan fingerprint density at radius 2 is 1.78 bits per heavy atom. The molecule has 27 heavy (non-hydrogen) atoms. The molecule has 0 aliphatic heterocycles. The van der Waals surface area contributed by atoms with Gasteiger partial charge in [-0.3, -0.25) is 0 Å². The SMILES string of the molecule is CC(C)C(CO)Nc1nc(N[C@@H](CO)c2ccccc2)c2nnn(C)c2n1. The molecule has 0 bridgehead atoms. The topological polar surface area (TPSA) is 121 Å². The van der Waals surface area contributed by atoms with E-state index in [2.05, 4.69) is 30.9 Å². The van der Waals surface area contributed by atoms with Crippen LogP contribution in [-0.4, -0.2) is 54.4 Å². The molecule has 0 saturated heterocycles. The number of hydrogen-bond donors (Lipinski definition) is 4. The van der Waals surface area contributed by atoms with Crippen molar-refractivity contribution in [3.63, 3.8) is 0 Å². The molecule has 9 heteroatoms. The zero-order valence-corrected chi connectivity index (χ0v) is 15.7. The lowest BCUT2D eigenvalue weighted by atomic mass is 10.1. The zero-order chi connectivity index (χ0) is 19.4. The zero-order valence-electron chi connectivity index (χ0n) is 15.7. The smallest absolute Gasteiger partial charge is 0.227 e. The molecule has 0 radical (unpaired) electrons. The van der Waals surface area contributed by atoms with Gasteiger partial charge in [-0.2, -0.15) is 9.97 Å². The van der Waals surface area contributed by atoms with E-state index in [0.29, 0.717) is 22.9 Å². The molecule has 0 spiro atoms. The van der Waals surface area contributed by atoms with Crippen molar-refractivity contribution in [1.29, 1.82) is 0 Å². The van der Waals surface area contributed by atoms with E-state index in [4.69, 9.17) is 0 Å². The van der Waals surface area contributed by atoms with Gasteiger partial charge in [0.05, 0.1) is 25.3 Å². The average molecular weight is 371 g/mol. The number of hydrogen-bond acceptors (Lipinski definition) is 8. The Labute approximate surface area is 157 Å². The monoisotopic (exact) mass is 371 g/mol. The third-order valence-electron chi connectivity index (χ3n) is 4.46. The highest BCUT2D eigenvalue weighted by atomic mass is 16.3. The molecule has 4 N–H and O–H groups in total. The Kier molecular flexibility index (Phi) is 5.82. The van der Waals surface area contributed by atoms with Crippen LogP contribution >= 0.6 is 0 Å². The van der Waals surface area contributed by atoms with E-state index in [-0.39, 0.29) is 31.2 Å². The van der Waals surface area contributed by atoms with Crippen LogP contribution in [0.4, 0.5) is 11.8 Å². The summed E-state index contributed by atoms with van der Waals surface area (Å²) in [5.41, 5.74) is 2.00. The molecule has 0 fully saturated rings. The van der Waals surface area contributed by atoms with Crippen LogP contribution in [-0.2, 0) is 7.05 Å². The first-order valence-corrected chi connectivity index (χ1v) is 8.90. The summed E-state index contributed by atoms with van der Waals surface area (Å²) in [7, 11) is 1.75. The first-order valence-electron chi connectivity index (χ1n) is 8.90. The quantitative estimate of drug-likeness (QED) is 0.468. The lowest BCUT2D eigenvalue weighted by Crippen LogP contribution is -2.30. The maximum atomic E-state index is 9.85. The van der Waals surface area contributed by atoms with Crippen LogP contribution in [0.1, 0.15) is 25.5 Å². The van der Waals surface area contributed by atoms with Crippen molar-refractivity contribution in [2.45, 2.75) is 25.9 Å². The van der Waals surface area contributed by atoms with Gasteiger partial charge < -0.3 is 20.8 Å². The first-order chi connectivity index (χ1) is 13.0. The number of fused-ring (bicyclic) bond motifs is 1. The number of nitrogens with zero attached hydrogens (tertiary/aromatic N) is 5. The number of rotatable bonds is 8. The summed E-state index contributed by atoms with van der Waals surface area (Å²) in [4.78, 5) is 9.00. The number of aromatic nitrogens is 5. The molecule has 0 saturated carbocycles. The predicted molar refractivity (Wildman–Crippen MR) is 103 cm³/mol. The summed E-state index contributed by atoms with van der Waals surface area (Å²) in [5, 5.41) is 34.0. The first kappa shape index (κ1) is 19.0. The van der Waals surface area contributed by atoms with Crippen molar-refractivity contribution >= 4 is 22.9 Å². The largest absolute Gasteiger partial charge is 0.394 e. The van der Waals surface area contributed by atoms with Crippen molar-refractivity contribution in [2.24, 2.45) is 13.0 Å². The van der Waals surface area contributed by atoms with Crippen LogP contribution in [0.3, 0.4) is 0 Å². The minimum Gasteiger partial charge on any atom is -0.394 e. The third kappa shape index (κ3) is 4.15. The van der Waals surface area contributed by atoms with Gasteiger partial charge in [-0.25, -0.2) is 4.68 Å². The van der Waals surface area contributed by atoms with Gasteiger partial charge in [0.2, 0.25) is 5.95 Å². The molecule has 2 aromatic heterocycles. The molecule has 0 aliphatic rings.